The Morgan fingerprint density at radius 2 is 1.89 bits per heavy atom. The van der Waals surface area contributed by atoms with Gasteiger partial charge in [0, 0.05) is 67.8 Å². The van der Waals surface area contributed by atoms with Gasteiger partial charge in [0.25, 0.3) is 0 Å². The molecule has 0 atom stereocenters. The van der Waals surface area contributed by atoms with Crippen LogP contribution in [0.3, 0.4) is 0 Å². The molecule has 1 aliphatic rings. The number of likely N-dealkylation sites (N-methyl/N-ethyl adjacent to an activating group) is 1. The molecule has 0 saturated carbocycles. The Labute approximate surface area is 214 Å². The average Bonchev–Trinajstić information content (AvgIpc) is 3.48. The number of aromatic nitrogens is 3. The minimum Gasteiger partial charge on any atom is -0.390 e. The van der Waals surface area contributed by atoms with E-state index in [0.29, 0.717) is 6.54 Å². The van der Waals surface area contributed by atoms with Gasteiger partial charge in [0.05, 0.1) is 18.4 Å². The van der Waals surface area contributed by atoms with Gasteiger partial charge in [-0.3, -0.25) is 15.0 Å². The Kier molecular flexibility index (Phi) is 10.2. The highest BCUT2D eigenvalue weighted by Gasteiger charge is 2.17. The molecular weight excluding hydrogens is 448 g/mol. The number of fused-ring (bicyclic) bond motifs is 1. The van der Waals surface area contributed by atoms with Crippen molar-refractivity contribution < 1.29 is 0 Å². The first-order chi connectivity index (χ1) is 17.5. The van der Waals surface area contributed by atoms with Gasteiger partial charge in [-0.15, -0.1) is 0 Å². The Bertz CT molecular complexity index is 1210. The molecule has 0 unspecified atom stereocenters. The van der Waals surface area contributed by atoms with Gasteiger partial charge in [0.15, 0.2) is 0 Å². The van der Waals surface area contributed by atoms with Crippen molar-refractivity contribution in [2.45, 2.75) is 33.5 Å². The lowest BCUT2D eigenvalue weighted by atomic mass is 10.0. The summed E-state index contributed by atoms with van der Waals surface area (Å²) in [6.45, 7) is 10.7. The Hall–Kier alpha value is -3.46. The van der Waals surface area contributed by atoms with Gasteiger partial charge in [-0.1, -0.05) is 42.5 Å². The molecular formula is C28H40N8. The molecule has 8 heteroatoms. The van der Waals surface area contributed by atoms with Crippen LogP contribution in [-0.4, -0.2) is 64.1 Å². The van der Waals surface area contributed by atoms with Crippen LogP contribution in [0.2, 0.25) is 0 Å². The van der Waals surface area contributed by atoms with Crippen molar-refractivity contribution in [1.82, 2.24) is 24.6 Å². The van der Waals surface area contributed by atoms with Crippen LogP contribution in [-0.2, 0) is 19.6 Å². The van der Waals surface area contributed by atoms with Crippen molar-refractivity contribution in [3.63, 3.8) is 0 Å². The Morgan fingerprint density at radius 1 is 1.14 bits per heavy atom. The highest BCUT2D eigenvalue weighted by molar-refractivity contribution is 5.84. The topological polar surface area (TPSA) is 116 Å². The van der Waals surface area contributed by atoms with E-state index in [1.807, 2.05) is 23.8 Å². The maximum Gasteiger partial charge on any atom is 0.0929 e. The molecule has 0 aliphatic carbocycles. The van der Waals surface area contributed by atoms with Crippen LogP contribution in [0.5, 0.6) is 0 Å². The first kappa shape index (κ1) is 27.1. The second-order valence-electron chi connectivity index (χ2n) is 8.99. The number of allylic oxidation sites excluding steroid dienone is 6. The lowest BCUT2D eigenvalue weighted by Crippen LogP contribution is -2.43. The molecule has 1 aromatic carbocycles. The summed E-state index contributed by atoms with van der Waals surface area (Å²) in [5, 5.41) is 11.9. The maximum absolute atomic E-state index is 6.10. The molecule has 1 fully saturated rings. The third-order valence-corrected chi connectivity index (χ3v) is 6.34. The summed E-state index contributed by atoms with van der Waals surface area (Å²) < 4.78 is 2.02. The quantitative estimate of drug-likeness (QED) is 0.218. The summed E-state index contributed by atoms with van der Waals surface area (Å²) in [4.78, 5) is 8.46. The number of rotatable bonds is 8. The predicted molar refractivity (Wildman–Crippen MR) is 151 cm³/mol. The summed E-state index contributed by atoms with van der Waals surface area (Å²) in [7, 11) is 2.19. The third kappa shape index (κ3) is 7.27. The Balaban J connectivity index is 0.00000115. The number of nitrogens with one attached hydrogen (secondary N) is 2. The van der Waals surface area contributed by atoms with Crippen molar-refractivity contribution in [1.29, 1.82) is 5.41 Å². The van der Waals surface area contributed by atoms with Crippen LogP contribution in [0.4, 0.5) is 0 Å². The van der Waals surface area contributed by atoms with Gasteiger partial charge in [-0.25, -0.2) is 0 Å². The first-order valence-electron chi connectivity index (χ1n) is 12.5. The van der Waals surface area contributed by atoms with E-state index in [-0.39, 0.29) is 0 Å². The van der Waals surface area contributed by atoms with E-state index in [4.69, 9.17) is 16.2 Å². The van der Waals surface area contributed by atoms with Crippen LogP contribution >= 0.6 is 0 Å². The fraction of sp³-hybridized carbons (Fsp3) is 0.357. The minimum atomic E-state index is 0.494. The zero-order chi connectivity index (χ0) is 25.9. The highest BCUT2D eigenvalue weighted by Crippen LogP contribution is 2.28. The normalized spacial score (nSPS) is 15.6. The third-order valence-electron chi connectivity index (χ3n) is 6.34. The first-order valence-corrected chi connectivity index (χ1v) is 12.5. The fourth-order valence-electron chi connectivity index (χ4n) is 4.34. The Morgan fingerprint density at radius 3 is 2.56 bits per heavy atom. The van der Waals surface area contributed by atoms with Gasteiger partial charge >= 0.3 is 0 Å². The molecule has 3 aromatic rings. The van der Waals surface area contributed by atoms with Crippen LogP contribution in [0.1, 0.15) is 25.2 Å². The van der Waals surface area contributed by atoms with Gasteiger partial charge in [-0.2, -0.15) is 5.10 Å². The number of benzene rings is 1. The molecule has 8 nitrogen and oxygen atoms in total. The zero-order valence-electron chi connectivity index (χ0n) is 21.7. The van der Waals surface area contributed by atoms with Crippen LogP contribution in [0.15, 0.2) is 66.4 Å². The predicted octanol–water partition coefficient (Wildman–Crippen LogP) is 3.87. The lowest BCUT2D eigenvalue weighted by Gasteiger charge is -2.31. The summed E-state index contributed by atoms with van der Waals surface area (Å²) in [6, 6.07) is 8.78. The molecule has 2 aromatic heterocycles. The van der Waals surface area contributed by atoms with Crippen molar-refractivity contribution in [2.75, 3.05) is 33.2 Å². The summed E-state index contributed by atoms with van der Waals surface area (Å²) in [5.41, 5.74) is 17.4. The molecule has 1 saturated heterocycles. The largest absolute Gasteiger partial charge is 0.390 e. The number of H-pyrrole nitrogens is 1. The summed E-state index contributed by atoms with van der Waals surface area (Å²) in [5.74, 6) is 0. The van der Waals surface area contributed by atoms with E-state index in [9.17, 15) is 0 Å². The summed E-state index contributed by atoms with van der Waals surface area (Å²) in [6.07, 6.45) is 13.3. The van der Waals surface area contributed by atoms with Crippen LogP contribution < -0.4 is 11.5 Å². The van der Waals surface area contributed by atoms with Gasteiger partial charge < -0.3 is 21.4 Å². The number of piperazine rings is 1. The molecule has 0 radical (unpaired) electrons. The molecule has 192 valence electrons. The van der Waals surface area contributed by atoms with Gasteiger partial charge in [0.1, 0.15) is 0 Å². The number of hydrogen-bond acceptors (Lipinski definition) is 5. The van der Waals surface area contributed by atoms with Crippen LogP contribution in [0.25, 0.3) is 22.0 Å². The van der Waals surface area contributed by atoms with Gasteiger partial charge in [-0.05, 0) is 44.2 Å². The molecule has 36 heavy (non-hydrogen) atoms. The van der Waals surface area contributed by atoms with Gasteiger partial charge in [0.2, 0.25) is 0 Å². The van der Waals surface area contributed by atoms with Crippen molar-refractivity contribution in [2.24, 2.45) is 11.5 Å². The smallest absolute Gasteiger partial charge is 0.0929 e. The second-order valence-corrected chi connectivity index (χ2v) is 8.99. The van der Waals surface area contributed by atoms with E-state index in [1.165, 1.54) is 16.8 Å². The zero-order valence-corrected chi connectivity index (χ0v) is 21.7. The minimum absolute atomic E-state index is 0.494. The van der Waals surface area contributed by atoms with E-state index >= 15 is 0 Å². The number of nitrogens with two attached hydrogens (primary N) is 2. The van der Waals surface area contributed by atoms with Crippen molar-refractivity contribution >= 4 is 17.2 Å². The standard InChI is InChI=1S/C27H36N6.CH4N2/c1-4-6-7-8-21(5-2)18-33-19-23-10-9-22(15-26(23)30-33)25-16-24(29-27(25)17-28)20-32-13-11-31(3)12-14-32;2-1-3/h4-10,15-16,19,29H,11-14,17-18,20,28H2,1-3H3;1H,(H3,2,3)/b6-4-,8-7-,21-5+;. The monoisotopic (exact) mass is 488 g/mol. The SMILES string of the molecule is C\C=C/C=C\C(=C/C)Cn1cc2ccc(-c3cc(CN4CCN(C)CC4)[nH]c3CN)cc2n1.N=CN. The average molecular weight is 489 g/mol. The maximum atomic E-state index is 6.10. The molecule has 6 N–H and O–H groups in total. The van der Waals surface area contributed by atoms with E-state index in [2.05, 4.69) is 83.2 Å². The number of nitrogens with zero attached hydrogens (tertiary/aromatic N) is 4. The van der Waals surface area contributed by atoms with Crippen LogP contribution in [0, 0.1) is 5.41 Å². The molecule has 3 heterocycles. The van der Waals surface area contributed by atoms with Crippen molar-refractivity contribution in [3.8, 4) is 11.1 Å². The lowest BCUT2D eigenvalue weighted by molar-refractivity contribution is 0.147. The molecule has 0 amide bonds. The molecule has 4 rings (SSSR count). The fourth-order valence-corrected chi connectivity index (χ4v) is 4.34. The number of hydrogen-bond donors (Lipinski definition) is 4. The molecule has 0 bridgehead atoms. The highest BCUT2D eigenvalue weighted by atomic mass is 15.3. The summed E-state index contributed by atoms with van der Waals surface area (Å²) >= 11 is 0. The van der Waals surface area contributed by atoms with E-state index in [1.54, 1.807) is 0 Å². The molecule has 0 spiro atoms. The number of aromatic amines is 1. The molecule has 1 aliphatic heterocycles. The van der Waals surface area contributed by atoms with E-state index in [0.717, 1.165) is 67.8 Å². The second kappa shape index (κ2) is 13.6. The van der Waals surface area contributed by atoms with E-state index < -0.39 is 0 Å². The van der Waals surface area contributed by atoms with Crippen molar-refractivity contribution in [3.05, 3.63) is 77.8 Å².